The van der Waals surface area contributed by atoms with Gasteiger partial charge in [-0.25, -0.2) is 0 Å². The first-order valence-electron chi connectivity index (χ1n) is 8.35. The van der Waals surface area contributed by atoms with Crippen LogP contribution in [0.4, 0.5) is 5.69 Å². The first kappa shape index (κ1) is 19.8. The number of anilines is 1. The van der Waals surface area contributed by atoms with Gasteiger partial charge in [0.2, 0.25) is 11.8 Å². The van der Waals surface area contributed by atoms with E-state index in [0.29, 0.717) is 18.1 Å². The second-order valence-electron chi connectivity index (χ2n) is 5.93. The molecule has 1 N–H and O–H groups in total. The second kappa shape index (κ2) is 9.25. The molecule has 0 atom stereocenters. The molecule has 2 aromatic rings. The van der Waals surface area contributed by atoms with Crippen molar-refractivity contribution in [2.75, 3.05) is 18.6 Å². The predicted octanol–water partition coefficient (Wildman–Crippen LogP) is 3.72. The number of benzene rings is 2. The van der Waals surface area contributed by atoms with Crippen molar-refractivity contribution in [2.45, 2.75) is 26.8 Å². The number of hydrogen-bond donors (Lipinski definition) is 1. The summed E-state index contributed by atoms with van der Waals surface area (Å²) in [7, 11) is 1.61. The molecule has 138 valence electrons. The molecule has 0 aliphatic heterocycles. The Morgan fingerprint density at radius 3 is 2.46 bits per heavy atom. The molecule has 5 nitrogen and oxygen atoms in total. The van der Waals surface area contributed by atoms with Gasteiger partial charge in [-0.15, -0.1) is 0 Å². The van der Waals surface area contributed by atoms with Gasteiger partial charge in [-0.2, -0.15) is 0 Å². The van der Waals surface area contributed by atoms with E-state index < -0.39 is 0 Å². The number of hydrogen-bond acceptors (Lipinski definition) is 3. The van der Waals surface area contributed by atoms with Crippen LogP contribution in [0.15, 0.2) is 42.5 Å². The first-order valence-corrected chi connectivity index (χ1v) is 8.73. The van der Waals surface area contributed by atoms with Gasteiger partial charge in [-0.1, -0.05) is 29.8 Å². The Morgan fingerprint density at radius 2 is 1.85 bits per heavy atom. The molecule has 0 aliphatic rings. The van der Waals surface area contributed by atoms with E-state index in [1.54, 1.807) is 24.1 Å². The molecule has 2 amide bonds. The zero-order chi connectivity index (χ0) is 19.1. The van der Waals surface area contributed by atoms with Crippen LogP contribution in [0.3, 0.4) is 0 Å². The zero-order valence-electron chi connectivity index (χ0n) is 15.2. The van der Waals surface area contributed by atoms with E-state index in [0.717, 1.165) is 22.6 Å². The van der Waals surface area contributed by atoms with Gasteiger partial charge >= 0.3 is 0 Å². The van der Waals surface area contributed by atoms with Gasteiger partial charge < -0.3 is 15.0 Å². The van der Waals surface area contributed by atoms with Crippen molar-refractivity contribution in [3.8, 4) is 5.75 Å². The summed E-state index contributed by atoms with van der Waals surface area (Å²) < 4.78 is 5.11. The number of halogens is 1. The Morgan fingerprint density at radius 1 is 1.15 bits per heavy atom. The number of nitrogens with zero attached hydrogens (tertiary/aromatic N) is 1. The van der Waals surface area contributed by atoms with Crippen LogP contribution >= 0.6 is 11.6 Å². The SMILES string of the molecule is COc1ccc(CNC(=O)CCN(C(C)=O)c2cccc(Cl)c2C)cc1. The molecular weight excluding hydrogens is 352 g/mol. The van der Waals surface area contributed by atoms with Crippen LogP contribution in [0.1, 0.15) is 24.5 Å². The van der Waals surface area contributed by atoms with Crippen LogP contribution in [0, 0.1) is 6.92 Å². The molecule has 0 saturated carbocycles. The van der Waals surface area contributed by atoms with E-state index in [9.17, 15) is 9.59 Å². The van der Waals surface area contributed by atoms with Gasteiger partial charge in [0.05, 0.1) is 7.11 Å². The molecule has 2 rings (SSSR count). The number of nitrogens with one attached hydrogen (secondary N) is 1. The van der Waals surface area contributed by atoms with E-state index >= 15 is 0 Å². The quantitative estimate of drug-likeness (QED) is 0.803. The zero-order valence-corrected chi connectivity index (χ0v) is 16.0. The van der Waals surface area contributed by atoms with E-state index in [2.05, 4.69) is 5.32 Å². The fraction of sp³-hybridized carbons (Fsp3) is 0.300. The van der Waals surface area contributed by atoms with Crippen LogP contribution in [0.25, 0.3) is 0 Å². The maximum atomic E-state index is 12.1. The molecule has 0 fully saturated rings. The number of amides is 2. The van der Waals surface area contributed by atoms with Crippen LogP contribution in [0.2, 0.25) is 5.02 Å². The lowest BCUT2D eigenvalue weighted by Crippen LogP contribution is -2.34. The van der Waals surface area contributed by atoms with Gasteiger partial charge in [-0.3, -0.25) is 9.59 Å². The minimum Gasteiger partial charge on any atom is -0.497 e. The van der Waals surface area contributed by atoms with E-state index in [1.807, 2.05) is 37.3 Å². The fourth-order valence-corrected chi connectivity index (χ4v) is 2.75. The third kappa shape index (κ3) is 5.23. The monoisotopic (exact) mass is 374 g/mol. The summed E-state index contributed by atoms with van der Waals surface area (Å²) in [6.07, 6.45) is 0.210. The van der Waals surface area contributed by atoms with Crippen LogP contribution in [-0.2, 0) is 16.1 Å². The molecule has 6 heteroatoms. The predicted molar refractivity (Wildman–Crippen MR) is 104 cm³/mol. The van der Waals surface area contributed by atoms with Crippen molar-refractivity contribution in [1.29, 1.82) is 0 Å². The third-order valence-electron chi connectivity index (χ3n) is 4.12. The van der Waals surface area contributed by atoms with Gasteiger partial charge in [0.1, 0.15) is 5.75 Å². The molecule has 2 aromatic carbocycles. The van der Waals surface area contributed by atoms with Crippen molar-refractivity contribution in [2.24, 2.45) is 0 Å². The Labute approximate surface area is 158 Å². The smallest absolute Gasteiger partial charge is 0.223 e. The molecule has 0 radical (unpaired) electrons. The van der Waals surface area contributed by atoms with Crippen molar-refractivity contribution in [3.63, 3.8) is 0 Å². The average molecular weight is 375 g/mol. The summed E-state index contributed by atoms with van der Waals surface area (Å²) in [6, 6.07) is 12.9. The van der Waals surface area contributed by atoms with Crippen molar-refractivity contribution < 1.29 is 14.3 Å². The molecule has 0 aliphatic carbocycles. The van der Waals surface area contributed by atoms with Crippen molar-refractivity contribution in [1.82, 2.24) is 5.32 Å². The largest absolute Gasteiger partial charge is 0.497 e. The number of carbonyl (C=O) groups is 2. The van der Waals surface area contributed by atoms with Crippen molar-refractivity contribution >= 4 is 29.1 Å². The Kier molecular flexibility index (Phi) is 7.04. The molecular formula is C20H23ClN2O3. The highest BCUT2D eigenvalue weighted by Gasteiger charge is 2.16. The van der Waals surface area contributed by atoms with Gasteiger partial charge in [0.15, 0.2) is 0 Å². The summed E-state index contributed by atoms with van der Waals surface area (Å²) in [5.41, 5.74) is 2.53. The number of ether oxygens (including phenoxy) is 1. The van der Waals surface area contributed by atoms with Crippen LogP contribution in [-0.4, -0.2) is 25.5 Å². The number of rotatable bonds is 7. The fourth-order valence-electron chi connectivity index (χ4n) is 2.58. The highest BCUT2D eigenvalue weighted by Crippen LogP contribution is 2.26. The Balaban J connectivity index is 1.92. The topological polar surface area (TPSA) is 58.6 Å². The second-order valence-corrected chi connectivity index (χ2v) is 6.34. The summed E-state index contributed by atoms with van der Waals surface area (Å²) in [5, 5.41) is 3.46. The normalized spacial score (nSPS) is 10.3. The maximum absolute atomic E-state index is 12.1. The molecule has 0 bridgehead atoms. The maximum Gasteiger partial charge on any atom is 0.223 e. The number of methoxy groups -OCH3 is 1. The average Bonchev–Trinajstić information content (AvgIpc) is 2.63. The molecule has 0 spiro atoms. The lowest BCUT2D eigenvalue weighted by molar-refractivity contribution is -0.121. The third-order valence-corrected chi connectivity index (χ3v) is 4.53. The first-order chi connectivity index (χ1) is 12.4. The summed E-state index contributed by atoms with van der Waals surface area (Å²) in [5.74, 6) is 0.527. The summed E-state index contributed by atoms with van der Waals surface area (Å²) >= 11 is 6.14. The lowest BCUT2D eigenvalue weighted by Gasteiger charge is -2.23. The lowest BCUT2D eigenvalue weighted by atomic mass is 10.1. The Bertz CT molecular complexity index is 775. The number of carbonyl (C=O) groups excluding carboxylic acids is 2. The Hall–Kier alpha value is -2.53. The van der Waals surface area contributed by atoms with Gasteiger partial charge in [-0.05, 0) is 42.3 Å². The highest BCUT2D eigenvalue weighted by atomic mass is 35.5. The van der Waals surface area contributed by atoms with E-state index in [-0.39, 0.29) is 18.2 Å². The summed E-state index contributed by atoms with van der Waals surface area (Å²) in [6.45, 7) is 4.07. The standard InChI is InChI=1S/C20H23ClN2O3/c1-14-18(21)5-4-6-19(14)23(15(2)24)12-11-20(25)22-13-16-7-9-17(26-3)10-8-16/h4-10H,11-13H2,1-3H3,(H,22,25). The molecule has 0 saturated heterocycles. The molecule has 0 heterocycles. The molecule has 0 unspecified atom stereocenters. The van der Waals surface area contributed by atoms with Crippen LogP contribution < -0.4 is 15.0 Å². The van der Waals surface area contributed by atoms with Gasteiger partial charge in [0, 0.05) is 37.1 Å². The minimum absolute atomic E-state index is 0.119. The molecule has 26 heavy (non-hydrogen) atoms. The van der Waals surface area contributed by atoms with E-state index in [1.165, 1.54) is 6.92 Å². The molecule has 0 aromatic heterocycles. The minimum atomic E-state index is -0.127. The van der Waals surface area contributed by atoms with Gasteiger partial charge in [0.25, 0.3) is 0 Å². The van der Waals surface area contributed by atoms with E-state index in [4.69, 9.17) is 16.3 Å². The van der Waals surface area contributed by atoms with Crippen LogP contribution in [0.5, 0.6) is 5.75 Å². The van der Waals surface area contributed by atoms with Crippen molar-refractivity contribution in [3.05, 3.63) is 58.6 Å². The summed E-state index contributed by atoms with van der Waals surface area (Å²) in [4.78, 5) is 25.7. The highest BCUT2D eigenvalue weighted by molar-refractivity contribution is 6.31.